The Morgan fingerprint density at radius 2 is 1.96 bits per heavy atom. The lowest BCUT2D eigenvalue weighted by Crippen LogP contribution is -2.62. The predicted octanol–water partition coefficient (Wildman–Crippen LogP) is 0.249. The maximum Gasteiger partial charge on any atom is 0.323 e. The van der Waals surface area contributed by atoms with Crippen LogP contribution in [0.25, 0.3) is 0 Å². The number of likely N-dealkylation sites (tertiary alicyclic amines) is 1. The monoisotopic (exact) mass is 362 g/mol. The van der Waals surface area contributed by atoms with E-state index in [1.165, 1.54) is 4.90 Å². The Balaban J connectivity index is 1.77. The summed E-state index contributed by atoms with van der Waals surface area (Å²) < 4.78 is 1.82. The maximum absolute atomic E-state index is 12.9. The molecule has 2 amide bonds. The number of likely N-dealkylation sites (N-methyl/N-ethyl adjacent to an activating group) is 1. The Hall–Kier alpha value is -2.35. The molecule has 26 heavy (non-hydrogen) atoms. The number of carbonyl (C=O) groups excluding carboxylic acids is 2. The van der Waals surface area contributed by atoms with Gasteiger partial charge in [0.25, 0.3) is 5.91 Å². The lowest BCUT2D eigenvalue weighted by molar-refractivity contribution is -0.144. The summed E-state index contributed by atoms with van der Waals surface area (Å²) in [6, 6.07) is 3.67. The molecule has 1 aromatic heterocycles. The van der Waals surface area contributed by atoms with Gasteiger partial charge >= 0.3 is 5.97 Å². The molecule has 1 N–H and O–H groups in total. The van der Waals surface area contributed by atoms with Gasteiger partial charge in [0.05, 0.1) is 0 Å². The normalized spacial score (nSPS) is 24.8. The van der Waals surface area contributed by atoms with Gasteiger partial charge in [-0.2, -0.15) is 0 Å². The third kappa shape index (κ3) is 3.46. The zero-order valence-electron chi connectivity index (χ0n) is 15.3. The van der Waals surface area contributed by atoms with Crippen molar-refractivity contribution in [1.29, 1.82) is 0 Å². The number of piperazine rings is 1. The fourth-order valence-corrected chi connectivity index (χ4v) is 4.04. The van der Waals surface area contributed by atoms with Crippen molar-refractivity contribution in [1.82, 2.24) is 19.3 Å². The number of rotatable bonds is 3. The molecule has 142 valence electrons. The number of aromatic nitrogens is 1. The van der Waals surface area contributed by atoms with E-state index >= 15 is 0 Å². The highest BCUT2D eigenvalue weighted by molar-refractivity contribution is 5.93. The minimum Gasteiger partial charge on any atom is -0.480 e. The second-order valence-corrected chi connectivity index (χ2v) is 7.34. The van der Waals surface area contributed by atoms with Crippen molar-refractivity contribution in [2.45, 2.75) is 24.8 Å². The standard InChI is InChI=1S/C18H26N4O4/c1-19-8-3-4-14(19)17(26)22-11-10-20(2)18(13-22)6-5-15(23)21(9-7-18)12-16(24)25/h3-4,8H,5-7,9-13H2,1-2H3,(H,24,25)/t18-/m1/s1. The van der Waals surface area contributed by atoms with E-state index in [2.05, 4.69) is 4.90 Å². The fraction of sp³-hybridized carbons (Fsp3) is 0.611. The third-order valence-corrected chi connectivity index (χ3v) is 5.78. The van der Waals surface area contributed by atoms with Crippen LogP contribution in [-0.4, -0.2) is 87.5 Å². The first kappa shape index (κ1) is 18.4. The van der Waals surface area contributed by atoms with Crippen molar-refractivity contribution in [3.63, 3.8) is 0 Å². The number of amides is 2. The number of carboxylic acids is 1. The highest BCUT2D eigenvalue weighted by Crippen LogP contribution is 2.32. The van der Waals surface area contributed by atoms with E-state index in [9.17, 15) is 14.4 Å². The summed E-state index contributed by atoms with van der Waals surface area (Å²) in [6.07, 6.45) is 3.46. The van der Waals surface area contributed by atoms with E-state index in [1.54, 1.807) is 0 Å². The van der Waals surface area contributed by atoms with Gasteiger partial charge in [0.1, 0.15) is 12.2 Å². The molecule has 2 saturated heterocycles. The Morgan fingerprint density at radius 3 is 2.62 bits per heavy atom. The summed E-state index contributed by atoms with van der Waals surface area (Å²) >= 11 is 0. The lowest BCUT2D eigenvalue weighted by Gasteiger charge is -2.49. The summed E-state index contributed by atoms with van der Waals surface area (Å²) in [5.74, 6) is -1.11. The van der Waals surface area contributed by atoms with Crippen molar-refractivity contribution < 1.29 is 19.5 Å². The summed E-state index contributed by atoms with van der Waals surface area (Å²) in [7, 11) is 3.88. The molecular formula is C18H26N4O4. The van der Waals surface area contributed by atoms with Crippen LogP contribution in [0.2, 0.25) is 0 Å². The molecular weight excluding hydrogens is 336 g/mol. The predicted molar refractivity (Wildman–Crippen MR) is 94.7 cm³/mol. The quantitative estimate of drug-likeness (QED) is 0.833. The molecule has 1 spiro atoms. The molecule has 2 fully saturated rings. The smallest absolute Gasteiger partial charge is 0.323 e. The Morgan fingerprint density at radius 1 is 1.19 bits per heavy atom. The van der Waals surface area contributed by atoms with Crippen LogP contribution in [0.1, 0.15) is 29.8 Å². The van der Waals surface area contributed by atoms with E-state index < -0.39 is 5.97 Å². The number of hydrogen-bond donors (Lipinski definition) is 1. The van der Waals surface area contributed by atoms with Crippen molar-refractivity contribution in [3.8, 4) is 0 Å². The largest absolute Gasteiger partial charge is 0.480 e. The van der Waals surface area contributed by atoms with Crippen LogP contribution in [0.15, 0.2) is 18.3 Å². The first-order valence-electron chi connectivity index (χ1n) is 8.94. The molecule has 0 aliphatic carbocycles. The summed E-state index contributed by atoms with van der Waals surface area (Å²) in [4.78, 5) is 41.7. The molecule has 3 rings (SSSR count). The Bertz CT molecular complexity index is 716. The first-order chi connectivity index (χ1) is 12.3. The molecule has 8 nitrogen and oxygen atoms in total. The number of aryl methyl sites for hydroxylation is 1. The molecule has 0 unspecified atom stereocenters. The van der Waals surface area contributed by atoms with Gasteiger partial charge in [-0.3, -0.25) is 19.3 Å². The Labute approximate surface area is 153 Å². The maximum atomic E-state index is 12.9. The fourth-order valence-electron chi connectivity index (χ4n) is 4.04. The van der Waals surface area contributed by atoms with Crippen molar-refractivity contribution >= 4 is 17.8 Å². The van der Waals surface area contributed by atoms with Gasteiger partial charge in [-0.1, -0.05) is 0 Å². The van der Waals surface area contributed by atoms with Crippen LogP contribution in [0.4, 0.5) is 0 Å². The SMILES string of the molecule is CN1CCN(C(=O)c2cccn2C)C[C@]12CCC(=O)N(CC(=O)O)CC2. The van der Waals surface area contributed by atoms with Crippen LogP contribution in [0.3, 0.4) is 0 Å². The molecule has 1 aromatic rings. The summed E-state index contributed by atoms with van der Waals surface area (Å²) in [5.41, 5.74) is 0.365. The van der Waals surface area contributed by atoms with Gasteiger partial charge in [0.2, 0.25) is 5.91 Å². The molecule has 2 aliphatic rings. The molecule has 3 heterocycles. The second-order valence-electron chi connectivity index (χ2n) is 7.34. The molecule has 8 heteroatoms. The number of hydrogen-bond acceptors (Lipinski definition) is 4. The van der Waals surface area contributed by atoms with Crippen LogP contribution < -0.4 is 0 Å². The van der Waals surface area contributed by atoms with Crippen LogP contribution in [0.5, 0.6) is 0 Å². The molecule has 2 aliphatic heterocycles. The van der Waals surface area contributed by atoms with E-state index in [0.29, 0.717) is 44.6 Å². The van der Waals surface area contributed by atoms with E-state index in [0.717, 1.165) is 6.54 Å². The molecule has 0 bridgehead atoms. The minimum absolute atomic E-state index is 0.00272. The average Bonchev–Trinajstić information content (AvgIpc) is 2.97. The van der Waals surface area contributed by atoms with Gasteiger partial charge < -0.3 is 19.5 Å². The average molecular weight is 362 g/mol. The number of carbonyl (C=O) groups is 3. The van der Waals surface area contributed by atoms with Crippen LogP contribution in [-0.2, 0) is 16.6 Å². The van der Waals surface area contributed by atoms with E-state index in [-0.39, 0.29) is 23.9 Å². The summed E-state index contributed by atoms with van der Waals surface area (Å²) in [5, 5.41) is 9.02. The molecule has 0 radical (unpaired) electrons. The Kier molecular flexibility index (Phi) is 5.04. The third-order valence-electron chi connectivity index (χ3n) is 5.78. The molecule has 1 atom stereocenters. The zero-order chi connectivity index (χ0) is 18.9. The molecule has 0 saturated carbocycles. The van der Waals surface area contributed by atoms with Crippen molar-refractivity contribution in [3.05, 3.63) is 24.0 Å². The van der Waals surface area contributed by atoms with E-state index in [4.69, 9.17) is 5.11 Å². The zero-order valence-corrected chi connectivity index (χ0v) is 15.3. The van der Waals surface area contributed by atoms with Gasteiger partial charge in [0.15, 0.2) is 0 Å². The minimum atomic E-state index is -0.994. The lowest BCUT2D eigenvalue weighted by atomic mass is 9.86. The number of nitrogens with zero attached hydrogens (tertiary/aromatic N) is 4. The van der Waals surface area contributed by atoms with Crippen molar-refractivity contribution in [2.24, 2.45) is 7.05 Å². The highest BCUT2D eigenvalue weighted by atomic mass is 16.4. The van der Waals surface area contributed by atoms with Crippen molar-refractivity contribution in [2.75, 3.05) is 39.8 Å². The van der Waals surface area contributed by atoms with Crippen LogP contribution >= 0.6 is 0 Å². The van der Waals surface area contributed by atoms with Gasteiger partial charge in [-0.25, -0.2) is 0 Å². The number of carboxylic acid groups (broad SMARTS) is 1. The van der Waals surface area contributed by atoms with E-state index in [1.807, 2.05) is 41.9 Å². The first-order valence-corrected chi connectivity index (χ1v) is 8.94. The van der Waals surface area contributed by atoms with Gasteiger partial charge in [-0.05, 0) is 32.0 Å². The molecule has 0 aromatic carbocycles. The second kappa shape index (κ2) is 7.11. The highest BCUT2D eigenvalue weighted by Gasteiger charge is 2.43. The summed E-state index contributed by atoms with van der Waals surface area (Å²) in [6.45, 7) is 2.09. The van der Waals surface area contributed by atoms with Gasteiger partial charge in [0, 0.05) is 51.4 Å². The topological polar surface area (TPSA) is 86.1 Å². The number of aliphatic carboxylic acids is 1. The van der Waals surface area contributed by atoms with Crippen LogP contribution in [0, 0.1) is 0 Å². The van der Waals surface area contributed by atoms with Gasteiger partial charge in [-0.15, -0.1) is 0 Å².